The molecule has 0 radical (unpaired) electrons. The highest BCUT2D eigenvalue weighted by atomic mass is 16.6. The maximum atomic E-state index is 11.0. The summed E-state index contributed by atoms with van der Waals surface area (Å²) in [4.78, 5) is 21.1. The first-order valence-electron chi connectivity index (χ1n) is 5.95. The molecule has 0 spiro atoms. The molecule has 0 bridgehead atoms. The quantitative estimate of drug-likeness (QED) is 0.591. The van der Waals surface area contributed by atoms with Crippen LogP contribution in [0.3, 0.4) is 0 Å². The molecule has 7 nitrogen and oxygen atoms in total. The third-order valence-electron chi connectivity index (χ3n) is 2.71. The van der Waals surface area contributed by atoms with Gasteiger partial charge in [-0.2, -0.15) is 5.10 Å². The Labute approximate surface area is 105 Å². The second-order valence-electron chi connectivity index (χ2n) is 3.93. The SMILES string of the molecule is CCc1nn(CCCC(=O)O)c(CC)c1[N+](=O)[O-]. The molecule has 1 rings (SSSR count). The van der Waals surface area contributed by atoms with Crippen molar-refractivity contribution in [3.63, 3.8) is 0 Å². The number of rotatable bonds is 7. The zero-order chi connectivity index (χ0) is 13.7. The van der Waals surface area contributed by atoms with Gasteiger partial charge in [-0.15, -0.1) is 0 Å². The van der Waals surface area contributed by atoms with Crippen LogP contribution < -0.4 is 0 Å². The first kappa shape index (κ1) is 14.1. The lowest BCUT2D eigenvalue weighted by atomic mass is 10.2. The first-order chi connectivity index (χ1) is 8.51. The Morgan fingerprint density at radius 3 is 2.56 bits per heavy atom. The second kappa shape index (κ2) is 6.13. The summed E-state index contributed by atoms with van der Waals surface area (Å²) in [6.45, 7) is 4.05. The molecule has 0 fully saturated rings. The van der Waals surface area contributed by atoms with Gasteiger partial charge in [0.05, 0.1) is 4.92 Å². The Morgan fingerprint density at radius 1 is 1.44 bits per heavy atom. The number of hydrogen-bond acceptors (Lipinski definition) is 4. The summed E-state index contributed by atoms with van der Waals surface area (Å²) >= 11 is 0. The number of aliphatic carboxylic acids is 1. The minimum absolute atomic E-state index is 0.0400. The van der Waals surface area contributed by atoms with Crippen LogP contribution in [-0.4, -0.2) is 25.8 Å². The summed E-state index contributed by atoms with van der Waals surface area (Å²) in [6, 6.07) is 0. The molecule has 0 unspecified atom stereocenters. The Morgan fingerprint density at radius 2 is 2.11 bits per heavy atom. The summed E-state index contributed by atoms with van der Waals surface area (Å²) in [7, 11) is 0. The van der Waals surface area contributed by atoms with E-state index in [4.69, 9.17) is 5.11 Å². The highest BCUT2D eigenvalue weighted by molar-refractivity contribution is 5.66. The number of aryl methyl sites for hydroxylation is 2. The van der Waals surface area contributed by atoms with Crippen molar-refractivity contribution in [2.24, 2.45) is 0 Å². The summed E-state index contributed by atoms with van der Waals surface area (Å²) in [5.74, 6) is -0.870. The predicted octanol–water partition coefficient (Wildman–Crippen LogP) is 1.78. The summed E-state index contributed by atoms with van der Waals surface area (Å²) in [5.41, 5.74) is 1.12. The average molecular weight is 255 g/mol. The second-order valence-corrected chi connectivity index (χ2v) is 3.93. The standard InChI is InChI=1S/C11H17N3O4/c1-3-8-11(14(17)18)9(4-2)13(12-8)7-5-6-10(15)16/h3-7H2,1-2H3,(H,15,16). The van der Waals surface area contributed by atoms with E-state index in [1.165, 1.54) is 0 Å². The van der Waals surface area contributed by atoms with Crippen LogP contribution in [0.4, 0.5) is 5.69 Å². The van der Waals surface area contributed by atoms with E-state index in [1.807, 2.05) is 13.8 Å². The molecular formula is C11H17N3O4. The molecule has 0 saturated carbocycles. The van der Waals surface area contributed by atoms with E-state index in [-0.39, 0.29) is 12.1 Å². The van der Waals surface area contributed by atoms with Gasteiger partial charge in [0.15, 0.2) is 0 Å². The summed E-state index contributed by atoms with van der Waals surface area (Å²) in [5, 5.41) is 23.8. The van der Waals surface area contributed by atoms with Crippen molar-refractivity contribution in [3.05, 3.63) is 21.5 Å². The smallest absolute Gasteiger partial charge is 0.313 e. The molecule has 0 amide bonds. The Hall–Kier alpha value is -1.92. The molecule has 0 aliphatic carbocycles. The fraction of sp³-hybridized carbons (Fsp3) is 0.636. The van der Waals surface area contributed by atoms with E-state index in [9.17, 15) is 14.9 Å². The Balaban J connectivity index is 2.97. The van der Waals surface area contributed by atoms with E-state index >= 15 is 0 Å². The van der Waals surface area contributed by atoms with Crippen molar-refractivity contribution in [1.82, 2.24) is 9.78 Å². The lowest BCUT2D eigenvalue weighted by Gasteiger charge is -2.03. The van der Waals surface area contributed by atoms with E-state index < -0.39 is 10.9 Å². The highest BCUT2D eigenvalue weighted by Crippen LogP contribution is 2.24. The van der Waals surface area contributed by atoms with E-state index in [2.05, 4.69) is 5.10 Å². The van der Waals surface area contributed by atoms with Crippen molar-refractivity contribution in [2.45, 2.75) is 46.1 Å². The zero-order valence-corrected chi connectivity index (χ0v) is 10.5. The topological polar surface area (TPSA) is 98.3 Å². The lowest BCUT2D eigenvalue weighted by Crippen LogP contribution is -2.07. The molecule has 0 aromatic carbocycles. The van der Waals surface area contributed by atoms with Crippen molar-refractivity contribution >= 4 is 11.7 Å². The van der Waals surface area contributed by atoms with Gasteiger partial charge in [-0.25, -0.2) is 0 Å². The van der Waals surface area contributed by atoms with Crippen LogP contribution in [0.1, 0.15) is 38.1 Å². The lowest BCUT2D eigenvalue weighted by molar-refractivity contribution is -0.386. The Kier molecular flexibility index (Phi) is 4.82. The number of carbonyl (C=O) groups is 1. The maximum absolute atomic E-state index is 11.0. The van der Waals surface area contributed by atoms with Crippen LogP contribution in [0.5, 0.6) is 0 Å². The van der Waals surface area contributed by atoms with Crippen molar-refractivity contribution in [3.8, 4) is 0 Å². The van der Waals surface area contributed by atoms with E-state index in [0.29, 0.717) is 37.2 Å². The molecule has 1 aromatic heterocycles. The molecule has 0 atom stereocenters. The van der Waals surface area contributed by atoms with Crippen LogP contribution in [0, 0.1) is 10.1 Å². The van der Waals surface area contributed by atoms with Gasteiger partial charge in [0.25, 0.3) is 0 Å². The van der Waals surface area contributed by atoms with Crippen molar-refractivity contribution < 1.29 is 14.8 Å². The van der Waals surface area contributed by atoms with E-state index in [1.54, 1.807) is 4.68 Å². The molecule has 0 aliphatic heterocycles. The van der Waals surface area contributed by atoms with Crippen LogP contribution >= 0.6 is 0 Å². The fourth-order valence-corrected chi connectivity index (χ4v) is 1.91. The molecule has 7 heteroatoms. The van der Waals surface area contributed by atoms with Crippen LogP contribution in [0.15, 0.2) is 0 Å². The fourth-order valence-electron chi connectivity index (χ4n) is 1.91. The molecular weight excluding hydrogens is 238 g/mol. The van der Waals surface area contributed by atoms with Crippen LogP contribution in [0.25, 0.3) is 0 Å². The van der Waals surface area contributed by atoms with Crippen molar-refractivity contribution in [1.29, 1.82) is 0 Å². The van der Waals surface area contributed by atoms with Crippen LogP contribution in [-0.2, 0) is 24.2 Å². The number of nitrogens with zero attached hydrogens (tertiary/aromatic N) is 3. The highest BCUT2D eigenvalue weighted by Gasteiger charge is 2.24. The summed E-state index contributed by atoms with van der Waals surface area (Å²) < 4.78 is 1.57. The summed E-state index contributed by atoms with van der Waals surface area (Å²) in [6.07, 6.45) is 1.47. The first-order valence-corrected chi connectivity index (χ1v) is 5.95. The average Bonchev–Trinajstić information content (AvgIpc) is 2.66. The molecule has 1 N–H and O–H groups in total. The molecule has 0 saturated heterocycles. The van der Waals surface area contributed by atoms with Gasteiger partial charge in [0.2, 0.25) is 0 Å². The van der Waals surface area contributed by atoms with Gasteiger partial charge >= 0.3 is 11.7 Å². The predicted molar refractivity (Wildman–Crippen MR) is 64.5 cm³/mol. The zero-order valence-electron chi connectivity index (χ0n) is 10.5. The number of carboxylic acids is 1. The largest absolute Gasteiger partial charge is 0.481 e. The molecule has 1 heterocycles. The molecule has 100 valence electrons. The number of carboxylic acid groups (broad SMARTS) is 1. The van der Waals surface area contributed by atoms with Gasteiger partial charge < -0.3 is 5.11 Å². The molecule has 1 aromatic rings. The van der Waals surface area contributed by atoms with Gasteiger partial charge in [-0.3, -0.25) is 19.6 Å². The van der Waals surface area contributed by atoms with Crippen molar-refractivity contribution in [2.75, 3.05) is 0 Å². The number of hydrogen-bond donors (Lipinski definition) is 1. The van der Waals surface area contributed by atoms with Gasteiger partial charge in [-0.05, 0) is 19.3 Å². The number of nitro groups is 1. The minimum Gasteiger partial charge on any atom is -0.481 e. The maximum Gasteiger partial charge on any atom is 0.313 e. The monoisotopic (exact) mass is 255 g/mol. The molecule has 0 aliphatic rings. The minimum atomic E-state index is -0.870. The van der Waals surface area contributed by atoms with Gasteiger partial charge in [0, 0.05) is 13.0 Å². The Bertz CT molecular complexity index is 453. The van der Waals surface area contributed by atoms with Gasteiger partial charge in [0.1, 0.15) is 11.4 Å². The van der Waals surface area contributed by atoms with E-state index in [0.717, 1.165) is 0 Å². The normalized spacial score (nSPS) is 10.6. The number of aromatic nitrogens is 2. The third kappa shape index (κ3) is 3.06. The van der Waals surface area contributed by atoms with Gasteiger partial charge in [-0.1, -0.05) is 13.8 Å². The molecule has 18 heavy (non-hydrogen) atoms. The third-order valence-corrected chi connectivity index (χ3v) is 2.71. The van der Waals surface area contributed by atoms with Crippen LogP contribution in [0.2, 0.25) is 0 Å².